The second-order valence-electron chi connectivity index (χ2n) is 6.63. The van der Waals surface area contributed by atoms with Crippen LogP contribution in [-0.4, -0.2) is 67.4 Å². The lowest BCUT2D eigenvalue weighted by Gasteiger charge is -2.42. The molecule has 3 N–H and O–H groups in total. The number of carboxylic acid groups (broad SMARTS) is 1. The molecular weight excluding hydrogens is 350 g/mol. The number of hydrogen-bond donors (Lipinski definition) is 3. The van der Waals surface area contributed by atoms with Gasteiger partial charge in [-0.1, -0.05) is 13.0 Å². The molecule has 1 aliphatic carbocycles. The first-order valence-electron chi connectivity index (χ1n) is 8.83. The van der Waals surface area contributed by atoms with Crippen molar-refractivity contribution in [3.8, 4) is 5.69 Å². The average Bonchev–Trinajstić information content (AvgIpc) is 3.12. The fourth-order valence-electron chi connectivity index (χ4n) is 3.19. The minimum atomic E-state index is -0.830. The van der Waals surface area contributed by atoms with Crippen LogP contribution in [0.1, 0.15) is 25.3 Å². The predicted octanol–water partition coefficient (Wildman–Crippen LogP) is 1.03. The summed E-state index contributed by atoms with van der Waals surface area (Å²) in [5.41, 5.74) is 2.35. The van der Waals surface area contributed by atoms with Gasteiger partial charge in [-0.3, -0.25) is 9.69 Å². The van der Waals surface area contributed by atoms with Crippen molar-refractivity contribution in [3.05, 3.63) is 30.1 Å². The molecule has 3 rings (SSSR count). The number of carbonyl (C=O) groups is 2. The van der Waals surface area contributed by atoms with Crippen LogP contribution >= 0.6 is 0 Å². The molecule has 144 valence electrons. The Kier molecular flexibility index (Phi) is 5.65. The molecule has 0 bridgehead atoms. The Hall–Kier alpha value is -3.01. The third kappa shape index (κ3) is 4.59. The highest BCUT2D eigenvalue weighted by Crippen LogP contribution is 2.26. The number of aromatic nitrogens is 4. The third-order valence-electron chi connectivity index (χ3n) is 4.79. The fraction of sp³-hybridized carbons (Fsp3) is 0.471. The van der Waals surface area contributed by atoms with E-state index in [0.29, 0.717) is 12.2 Å². The quantitative estimate of drug-likeness (QED) is 0.662. The number of nitrogens with one attached hydrogen (secondary N) is 2. The Balaban J connectivity index is 1.53. The van der Waals surface area contributed by atoms with E-state index in [-0.39, 0.29) is 24.7 Å². The first-order valence-corrected chi connectivity index (χ1v) is 8.83. The van der Waals surface area contributed by atoms with Crippen molar-refractivity contribution in [2.75, 3.05) is 18.4 Å². The number of likely N-dealkylation sites (N-methyl/N-ethyl adjacent to an activating group) is 1. The number of nitrogens with zero attached hydrogens (tertiary/aromatic N) is 5. The van der Waals surface area contributed by atoms with Crippen molar-refractivity contribution in [1.29, 1.82) is 0 Å². The highest BCUT2D eigenvalue weighted by Gasteiger charge is 2.34. The molecule has 1 aromatic carbocycles. The van der Waals surface area contributed by atoms with E-state index in [0.717, 1.165) is 24.1 Å². The summed E-state index contributed by atoms with van der Waals surface area (Å²) >= 11 is 0. The number of carbonyl (C=O) groups excluding carboxylic acids is 1. The molecule has 10 nitrogen and oxygen atoms in total. The van der Waals surface area contributed by atoms with Gasteiger partial charge in [-0.25, -0.2) is 9.48 Å². The number of benzene rings is 1. The number of aliphatic carboxylic acids is 1. The maximum absolute atomic E-state index is 12.3. The zero-order valence-electron chi connectivity index (χ0n) is 15.3. The van der Waals surface area contributed by atoms with E-state index in [1.165, 1.54) is 11.0 Å². The third-order valence-corrected chi connectivity index (χ3v) is 4.79. The van der Waals surface area contributed by atoms with E-state index >= 15 is 0 Å². The van der Waals surface area contributed by atoms with Crippen molar-refractivity contribution >= 4 is 17.7 Å². The first kappa shape index (κ1) is 18.8. The number of anilines is 1. The smallest absolute Gasteiger partial charge is 0.319 e. The summed E-state index contributed by atoms with van der Waals surface area (Å²) in [4.78, 5) is 25.1. The molecule has 1 heterocycles. The van der Waals surface area contributed by atoms with Crippen molar-refractivity contribution in [3.63, 3.8) is 0 Å². The van der Waals surface area contributed by atoms with E-state index < -0.39 is 5.97 Å². The summed E-state index contributed by atoms with van der Waals surface area (Å²) in [6.07, 6.45) is 2.98. The van der Waals surface area contributed by atoms with Crippen molar-refractivity contribution < 1.29 is 14.7 Å². The first-order chi connectivity index (χ1) is 13.0. The lowest BCUT2D eigenvalue weighted by atomic mass is 9.85. The molecule has 2 amide bonds. The van der Waals surface area contributed by atoms with Gasteiger partial charge in [0.1, 0.15) is 6.33 Å². The molecule has 27 heavy (non-hydrogen) atoms. The monoisotopic (exact) mass is 373 g/mol. The Morgan fingerprint density at radius 3 is 2.78 bits per heavy atom. The molecule has 10 heteroatoms. The van der Waals surface area contributed by atoms with Gasteiger partial charge in [0.15, 0.2) is 0 Å². The van der Waals surface area contributed by atoms with Crippen molar-refractivity contribution in [1.82, 2.24) is 30.4 Å². The minimum absolute atomic E-state index is 0.0310. The minimum Gasteiger partial charge on any atom is -0.480 e. The van der Waals surface area contributed by atoms with Gasteiger partial charge in [-0.15, -0.1) is 5.10 Å². The van der Waals surface area contributed by atoms with Gasteiger partial charge in [-0.05, 0) is 54.4 Å². The van der Waals surface area contributed by atoms with Gasteiger partial charge in [0.25, 0.3) is 0 Å². The highest BCUT2D eigenvalue weighted by atomic mass is 16.4. The number of amides is 2. The lowest BCUT2D eigenvalue weighted by molar-refractivity contribution is -0.139. The van der Waals surface area contributed by atoms with Crippen LogP contribution in [0.4, 0.5) is 10.5 Å². The molecule has 2 aromatic rings. The van der Waals surface area contributed by atoms with Crippen LogP contribution < -0.4 is 10.6 Å². The molecule has 0 unspecified atom stereocenters. The van der Waals surface area contributed by atoms with E-state index in [1.807, 2.05) is 30.9 Å². The van der Waals surface area contributed by atoms with Crippen LogP contribution in [0.25, 0.3) is 5.69 Å². The van der Waals surface area contributed by atoms with E-state index in [9.17, 15) is 9.59 Å². The molecule has 0 radical (unpaired) electrons. The second-order valence-corrected chi connectivity index (χ2v) is 6.63. The molecule has 1 aromatic heterocycles. The summed E-state index contributed by atoms with van der Waals surface area (Å²) in [5, 5.41) is 25.8. The number of hydrogen-bond acceptors (Lipinski definition) is 6. The Bertz CT molecular complexity index is 803. The molecule has 0 spiro atoms. The number of carboxylic acids is 1. The number of aryl methyl sites for hydroxylation is 1. The van der Waals surface area contributed by atoms with E-state index in [1.54, 1.807) is 6.07 Å². The van der Waals surface area contributed by atoms with Gasteiger partial charge >= 0.3 is 12.0 Å². The lowest BCUT2D eigenvalue weighted by Crippen LogP contribution is -2.55. The number of tetrazole rings is 1. The molecule has 1 aliphatic rings. The summed E-state index contributed by atoms with van der Waals surface area (Å²) < 4.78 is 1.51. The highest BCUT2D eigenvalue weighted by molar-refractivity contribution is 5.90. The predicted molar refractivity (Wildman–Crippen MR) is 97.7 cm³/mol. The van der Waals surface area contributed by atoms with E-state index in [2.05, 4.69) is 26.2 Å². The Morgan fingerprint density at radius 2 is 2.15 bits per heavy atom. The zero-order chi connectivity index (χ0) is 19.4. The van der Waals surface area contributed by atoms with Crippen LogP contribution in [0.3, 0.4) is 0 Å². The topological polar surface area (TPSA) is 125 Å². The number of urea groups is 1. The van der Waals surface area contributed by atoms with Gasteiger partial charge in [0.05, 0.1) is 12.2 Å². The van der Waals surface area contributed by atoms with Crippen LogP contribution in [0.2, 0.25) is 0 Å². The molecule has 0 aliphatic heterocycles. The summed E-state index contributed by atoms with van der Waals surface area (Å²) in [6, 6.07) is 5.52. The summed E-state index contributed by atoms with van der Waals surface area (Å²) in [5.74, 6) is -0.830. The van der Waals surface area contributed by atoms with Crippen LogP contribution in [0.15, 0.2) is 24.5 Å². The van der Waals surface area contributed by atoms with Crippen LogP contribution in [0.5, 0.6) is 0 Å². The van der Waals surface area contributed by atoms with Crippen molar-refractivity contribution in [2.45, 2.75) is 38.8 Å². The summed E-state index contributed by atoms with van der Waals surface area (Å²) in [6.45, 7) is 4.56. The van der Waals surface area contributed by atoms with E-state index in [4.69, 9.17) is 5.11 Å². The maximum Gasteiger partial charge on any atom is 0.319 e. The van der Waals surface area contributed by atoms with Crippen molar-refractivity contribution in [2.24, 2.45) is 0 Å². The molecule has 1 fully saturated rings. The maximum atomic E-state index is 12.3. The molecule has 0 saturated heterocycles. The molecule has 1 saturated carbocycles. The van der Waals surface area contributed by atoms with Gasteiger partial charge in [0.2, 0.25) is 0 Å². The molecular formula is C17H23N7O3. The Labute approximate surface area is 156 Å². The van der Waals surface area contributed by atoms with Crippen LogP contribution in [0, 0.1) is 6.92 Å². The largest absolute Gasteiger partial charge is 0.480 e. The van der Waals surface area contributed by atoms with Crippen LogP contribution in [-0.2, 0) is 4.79 Å². The normalized spacial score (nSPS) is 18.8. The zero-order valence-corrected chi connectivity index (χ0v) is 15.3. The summed E-state index contributed by atoms with van der Waals surface area (Å²) in [7, 11) is 0. The van der Waals surface area contributed by atoms with Gasteiger partial charge in [-0.2, -0.15) is 0 Å². The van der Waals surface area contributed by atoms with Gasteiger partial charge < -0.3 is 15.7 Å². The average molecular weight is 373 g/mol. The second kappa shape index (κ2) is 8.12. The van der Waals surface area contributed by atoms with Gasteiger partial charge in [0, 0.05) is 17.8 Å². The number of rotatable bonds is 7. The SMILES string of the molecule is CCN(CC(=O)O)C1CC(NC(=O)Nc2cc(-n3cnnn3)ccc2C)C1. The fourth-order valence-corrected chi connectivity index (χ4v) is 3.19. The molecule has 0 atom stereocenters. The Morgan fingerprint density at radius 1 is 1.37 bits per heavy atom. The standard InChI is InChI=1S/C17H23N7O3/c1-3-23(9-16(25)26)14-6-12(7-14)19-17(27)20-15-8-13(5-4-11(15)2)24-10-18-21-22-24/h4-5,8,10,12,14H,3,6-7,9H2,1-2H3,(H,25,26)(H2,19,20,27).